The Morgan fingerprint density at radius 1 is 0.846 bits per heavy atom. The summed E-state index contributed by atoms with van der Waals surface area (Å²) in [6.45, 7) is 7.34. The number of oxazole rings is 1. The number of thiophene rings is 2. The highest BCUT2D eigenvalue weighted by Crippen LogP contribution is 2.58. The fraction of sp³-hybridized carbons (Fsp3) is 0.500. The first kappa shape index (κ1) is 60.2. The number of rotatable bonds is 15. The number of nitriles is 2. The minimum atomic E-state index is -1.18. The molecule has 7 aliphatic rings. The van der Waals surface area contributed by atoms with Gasteiger partial charge in [0.2, 0.25) is 17.7 Å². The Kier molecular flexibility index (Phi) is 16.1. The van der Waals surface area contributed by atoms with Gasteiger partial charge in [0.15, 0.2) is 28.9 Å². The lowest BCUT2D eigenvalue weighted by molar-refractivity contribution is -0.123. The molecule has 3 saturated heterocycles. The Hall–Kier alpha value is -8.33. The second-order valence-electron chi connectivity index (χ2n) is 25.6. The molecule has 0 aromatic carbocycles. The van der Waals surface area contributed by atoms with E-state index in [1.807, 2.05) is 16.9 Å². The maximum Gasteiger partial charge on any atom is 0.217 e. The van der Waals surface area contributed by atoms with Crippen LogP contribution < -0.4 is 32.4 Å². The van der Waals surface area contributed by atoms with Crippen molar-refractivity contribution in [1.29, 1.82) is 10.5 Å². The fourth-order valence-electron chi connectivity index (χ4n) is 15.9. The number of aromatic nitrogens is 8. The predicted octanol–water partition coefficient (Wildman–Crippen LogP) is 9.33. The van der Waals surface area contributed by atoms with E-state index in [0.29, 0.717) is 125 Å². The first-order valence-electron chi connectivity index (χ1n) is 31.9. The number of allylic oxidation sites excluding steroid dienone is 2. The molecule has 0 bridgehead atoms. The van der Waals surface area contributed by atoms with Crippen LogP contribution in [0.15, 0.2) is 62.4 Å². The zero-order chi connectivity index (χ0) is 62.9. The molecule has 91 heavy (non-hydrogen) atoms. The second kappa shape index (κ2) is 24.4. The normalized spacial score (nSPS) is 25.7. The van der Waals surface area contributed by atoms with Gasteiger partial charge in [-0.3, -0.25) is 24.3 Å². The van der Waals surface area contributed by atoms with Crippen molar-refractivity contribution in [2.45, 2.75) is 170 Å². The molecular weight excluding hydrogens is 1190 g/mol. The topological polar surface area (TPSA) is 337 Å². The summed E-state index contributed by atoms with van der Waals surface area (Å²) in [5, 5.41) is 32.1. The van der Waals surface area contributed by atoms with Crippen molar-refractivity contribution >= 4 is 55.6 Å². The molecule has 3 aliphatic heterocycles. The number of hydrogen-bond donors (Lipinski definition) is 4. The van der Waals surface area contributed by atoms with Gasteiger partial charge in [0, 0.05) is 75.1 Å². The van der Waals surface area contributed by atoms with Gasteiger partial charge < -0.3 is 46.1 Å². The molecule has 7 aromatic heterocycles. The van der Waals surface area contributed by atoms with E-state index in [1.54, 1.807) is 24.4 Å². The molecule has 1 unspecified atom stereocenters. The monoisotopic (exact) mass is 1270 g/mol. The lowest BCUT2D eigenvalue weighted by atomic mass is 9.59. The summed E-state index contributed by atoms with van der Waals surface area (Å²) in [5.41, 5.74) is 32.8. The van der Waals surface area contributed by atoms with Crippen molar-refractivity contribution in [2.24, 2.45) is 16.5 Å². The molecule has 7 aromatic rings. The van der Waals surface area contributed by atoms with Crippen LogP contribution in [0.25, 0.3) is 34.3 Å². The van der Waals surface area contributed by atoms with Crippen molar-refractivity contribution in [3.8, 4) is 46.8 Å². The zero-order valence-corrected chi connectivity index (χ0v) is 53.4. The van der Waals surface area contributed by atoms with Gasteiger partial charge in [-0.1, -0.05) is 5.16 Å². The summed E-state index contributed by atoms with van der Waals surface area (Å²) in [6.07, 6.45) is 18.3. The van der Waals surface area contributed by atoms with Crippen LogP contribution in [0, 0.1) is 22.7 Å². The minimum Gasteiger partial charge on any atom is -0.473 e. The summed E-state index contributed by atoms with van der Waals surface area (Å²) >= 11 is 2.78. The van der Waals surface area contributed by atoms with Crippen LogP contribution in [0.4, 0.5) is 10.0 Å². The predicted molar refractivity (Wildman–Crippen MR) is 344 cm³/mol. The molecule has 23 nitrogen and oxygen atoms in total. The number of nitrogen functional groups attached to an aromatic ring is 2. The molecule has 10 heterocycles. The van der Waals surface area contributed by atoms with E-state index in [-0.39, 0.29) is 71.3 Å². The number of hydrogen-bond acceptors (Lipinski definition) is 24. The van der Waals surface area contributed by atoms with Gasteiger partial charge in [0.25, 0.3) is 0 Å². The Morgan fingerprint density at radius 3 is 2.26 bits per heavy atom. The number of carbonyl (C=O) groups excluding carboxylic acids is 1. The molecule has 25 heteroatoms. The second-order valence-corrected chi connectivity index (χ2v) is 27.9. The Morgan fingerprint density at radius 2 is 1.56 bits per heavy atom. The largest absolute Gasteiger partial charge is 0.473 e. The molecule has 0 radical (unpaired) electrons. The maximum atomic E-state index is 15.9. The highest BCUT2D eigenvalue weighted by Gasteiger charge is 2.53. The van der Waals surface area contributed by atoms with Crippen LogP contribution in [-0.4, -0.2) is 126 Å². The smallest absolute Gasteiger partial charge is 0.217 e. The van der Waals surface area contributed by atoms with Crippen molar-refractivity contribution in [2.75, 3.05) is 51.9 Å². The maximum absolute atomic E-state index is 15.9. The third kappa shape index (κ3) is 10.7. The van der Waals surface area contributed by atoms with Gasteiger partial charge in [0.05, 0.1) is 63.6 Å². The zero-order valence-electron chi connectivity index (χ0n) is 51.7. The molecule has 0 amide bonds. The lowest BCUT2D eigenvalue weighted by Gasteiger charge is -2.42. The number of fused-ring (bicyclic) bond motifs is 6. The van der Waals surface area contributed by atoms with Gasteiger partial charge in [-0.05, 0) is 161 Å². The first-order chi connectivity index (χ1) is 44.1. The van der Waals surface area contributed by atoms with Gasteiger partial charge in [-0.15, -0.1) is 22.7 Å². The molecule has 14 rings (SSSR count). The van der Waals surface area contributed by atoms with Crippen LogP contribution in [0.3, 0.4) is 0 Å². The molecule has 2 spiro atoms. The third-order valence-corrected chi connectivity index (χ3v) is 22.6. The number of ether oxygens (including phenoxy) is 3. The number of ketones is 1. The molecule has 8 N–H and O–H groups in total. The summed E-state index contributed by atoms with van der Waals surface area (Å²) in [5.74, 6) is 1.48. The molecular formula is C66H75N17O6S2. The molecule has 1 saturated carbocycles. The number of likely N-dealkylation sites (N-methyl/N-ethyl adjacent to an activating group) is 2. The van der Waals surface area contributed by atoms with E-state index in [2.05, 4.69) is 54.9 Å². The average Bonchev–Trinajstić information content (AvgIpc) is 1.69. The number of aryl methyl sites for hydroxylation is 1. The number of nitrogens with zero attached hydrogens (tertiary/aromatic N) is 13. The average molecular weight is 1270 g/mol. The molecule has 4 fully saturated rings. The standard InChI is InChI=1S/C66H75N17O6S2/c1-35(48-12-8-23-81(48)3)87-51-29-46(75-64(78-51)57-40-11-6-19-66(60(40)89-80-57)20-7-14-50-54(66)41(31-67)61(71)90-50)43(69)28-45(74-33-53-73-22-27-86-53)38-15-21-65(55-42(32-68)62(72)91-58(38)55)18-5-10-39(59(65)84)56(70)63-76-47(44-16-25-83(79-44)37-17-26-85-34-37)30-52(77-63)88-36(2)49-13-9-24-82(49)4/h16,22,25,27-30,35-38,48-49H,5-15,17-21,23-24,26,33-34,69-72H2,1-4H3/t35-,36-,37-,38?,48-,49-,65-,66-/m0/s1. The number of carbonyl (C=O) groups is 1. The molecule has 8 atom stereocenters. The van der Waals surface area contributed by atoms with E-state index < -0.39 is 16.7 Å². The van der Waals surface area contributed by atoms with Crippen molar-refractivity contribution in [3.05, 3.63) is 109 Å². The first-order valence-corrected chi connectivity index (χ1v) is 33.5. The number of likely N-dealkylation sites (tertiary alicyclic amines) is 2. The lowest BCUT2D eigenvalue weighted by Crippen LogP contribution is -2.44. The highest BCUT2D eigenvalue weighted by atomic mass is 32.1. The summed E-state index contributed by atoms with van der Waals surface area (Å²) in [6, 6.07) is 10.7. The Balaban J connectivity index is 0.842. The van der Waals surface area contributed by atoms with Gasteiger partial charge in [0.1, 0.15) is 52.9 Å². The van der Waals surface area contributed by atoms with Gasteiger partial charge >= 0.3 is 0 Å². The van der Waals surface area contributed by atoms with Gasteiger partial charge in [-0.25, -0.2) is 15.0 Å². The third-order valence-electron chi connectivity index (χ3n) is 20.3. The number of nitrogens with two attached hydrogens (primary N) is 4. The SMILES string of the molecule is C[C@H](Oc1cc(-c2ccn([C@H]3CCOC3)n2)nc(C(N)=C2CCC[C@@]3(CCC(C(C=C(N)c4cc(O[C@@H](C)[C@@H]5CCCN5C)nc(-c5noc6c5CCC[C@@]65CCCc6sc(N)c(C#N)c65)n4)=NCc4ncco4)c4sc(N)c(C#N)c43)C2=O)n1)[C@@H]1CCCN1C. The molecule has 472 valence electrons. The van der Waals surface area contributed by atoms with E-state index in [1.165, 1.54) is 28.9 Å². The number of Topliss-reactive ketones (excluding diaryl/α,β-unsaturated/α-hetero) is 1. The summed E-state index contributed by atoms with van der Waals surface area (Å²) < 4.78 is 33.3. The van der Waals surface area contributed by atoms with Crippen molar-refractivity contribution < 1.29 is 27.9 Å². The quantitative estimate of drug-likeness (QED) is 0.0548. The van der Waals surface area contributed by atoms with Crippen LogP contribution in [0.2, 0.25) is 0 Å². The Labute approximate surface area is 535 Å². The van der Waals surface area contributed by atoms with Crippen LogP contribution in [0.5, 0.6) is 11.8 Å². The van der Waals surface area contributed by atoms with E-state index in [9.17, 15) is 10.5 Å². The van der Waals surface area contributed by atoms with E-state index >= 15 is 4.79 Å². The van der Waals surface area contributed by atoms with Gasteiger partial charge in [-0.2, -0.15) is 25.6 Å². The molecule has 4 aliphatic carbocycles. The number of anilines is 2. The fourth-order valence-corrected chi connectivity index (χ4v) is 18.3. The van der Waals surface area contributed by atoms with Crippen LogP contribution in [0.1, 0.15) is 176 Å². The van der Waals surface area contributed by atoms with Crippen molar-refractivity contribution in [3.63, 3.8) is 0 Å². The van der Waals surface area contributed by atoms with E-state index in [4.69, 9.17) is 81.3 Å². The summed E-state index contributed by atoms with van der Waals surface area (Å²) in [7, 11) is 4.22. The van der Waals surface area contributed by atoms with Crippen molar-refractivity contribution in [1.82, 2.24) is 49.7 Å². The highest BCUT2D eigenvalue weighted by molar-refractivity contribution is 7.16. The number of aliphatic imine (C=N–C) groups is 1. The van der Waals surface area contributed by atoms with E-state index in [0.717, 1.165) is 104 Å². The van der Waals surface area contributed by atoms with Crippen LogP contribution in [-0.2, 0) is 39.7 Å². The Bertz CT molecular complexity index is 4140. The minimum absolute atomic E-state index is 0.0567. The summed E-state index contributed by atoms with van der Waals surface area (Å²) in [4.78, 5) is 52.2. The van der Waals surface area contributed by atoms with Crippen LogP contribution >= 0.6 is 22.7 Å².